The molecular weight excluding hydrogens is 317 g/mol. The molecule has 0 amide bonds. The molecule has 0 spiro atoms. The number of ether oxygens (including phenoxy) is 2. The third-order valence-electron chi connectivity index (χ3n) is 3.87. The summed E-state index contributed by atoms with van der Waals surface area (Å²) >= 11 is 0.391. The molecule has 0 aromatic heterocycles. The third-order valence-corrected chi connectivity index (χ3v) is 6.78. The molecule has 1 fully saturated rings. The van der Waals surface area contributed by atoms with Crippen LogP contribution < -0.4 is 4.46 Å². The van der Waals surface area contributed by atoms with Gasteiger partial charge in [0, 0.05) is 0 Å². The molecule has 3 nitrogen and oxygen atoms in total. The van der Waals surface area contributed by atoms with Crippen molar-refractivity contribution < 1.29 is 9.47 Å². The molecule has 3 atom stereocenters. The van der Waals surface area contributed by atoms with Gasteiger partial charge in [0.1, 0.15) is 0 Å². The molecule has 0 bridgehead atoms. The maximum atomic E-state index is 5.74. The molecule has 1 unspecified atom stereocenters. The minimum atomic E-state index is -0.0218. The molecule has 0 radical (unpaired) electrons. The number of hydrogen-bond acceptors (Lipinski definition) is 3. The van der Waals surface area contributed by atoms with Crippen LogP contribution in [0.1, 0.15) is 31.4 Å². The van der Waals surface area contributed by atoms with Gasteiger partial charge < -0.3 is 0 Å². The van der Waals surface area contributed by atoms with E-state index in [0.29, 0.717) is 25.8 Å². The van der Waals surface area contributed by atoms with E-state index in [9.17, 15) is 0 Å². The fourth-order valence-electron chi connectivity index (χ4n) is 2.44. The van der Waals surface area contributed by atoms with Gasteiger partial charge >= 0.3 is 128 Å². The van der Waals surface area contributed by atoms with Crippen LogP contribution >= 0.6 is 0 Å². The molecule has 1 aromatic rings. The van der Waals surface area contributed by atoms with Gasteiger partial charge in [-0.2, -0.15) is 0 Å². The van der Waals surface area contributed by atoms with Gasteiger partial charge in [0.2, 0.25) is 0 Å². The zero-order valence-electron chi connectivity index (χ0n) is 12.8. The Hall–Kier alpha value is -0.381. The van der Waals surface area contributed by atoms with Gasteiger partial charge in [-0.25, -0.2) is 0 Å². The summed E-state index contributed by atoms with van der Waals surface area (Å²) in [4.78, 5) is 2.79. The average Bonchev–Trinajstić information content (AvgIpc) is 2.47. The average molecular weight is 342 g/mol. The minimum absolute atomic E-state index is 0.0218. The molecule has 1 heterocycles. The molecule has 1 saturated heterocycles. The Balaban J connectivity index is 2.16. The molecule has 1 aliphatic rings. The van der Waals surface area contributed by atoms with Crippen molar-refractivity contribution in [1.82, 2.24) is 4.90 Å². The number of nitrogens with zero attached hydrogens (tertiary/aromatic N) is 1. The van der Waals surface area contributed by atoms with Crippen molar-refractivity contribution in [2.45, 2.75) is 36.9 Å². The fraction of sp³-hybridized carbons (Fsp3) is 0.625. The first-order chi connectivity index (χ1) is 9.63. The summed E-state index contributed by atoms with van der Waals surface area (Å²) in [6, 6.07) is 9.26. The van der Waals surface area contributed by atoms with Crippen LogP contribution in [0.5, 0.6) is 0 Å². The van der Waals surface area contributed by atoms with Crippen molar-refractivity contribution in [1.29, 1.82) is 0 Å². The zero-order valence-corrected chi connectivity index (χ0v) is 14.5. The number of benzene rings is 1. The van der Waals surface area contributed by atoms with Gasteiger partial charge in [-0.05, 0) is 0 Å². The molecule has 1 aromatic carbocycles. The Bertz CT molecular complexity index is 425. The van der Waals surface area contributed by atoms with Gasteiger partial charge in [0.15, 0.2) is 0 Å². The summed E-state index contributed by atoms with van der Waals surface area (Å²) < 4.78 is 12.7. The predicted octanol–water partition coefficient (Wildman–Crippen LogP) is 2.21. The van der Waals surface area contributed by atoms with Crippen LogP contribution in [0.15, 0.2) is 24.3 Å². The zero-order chi connectivity index (χ0) is 14.5. The van der Waals surface area contributed by atoms with Crippen molar-refractivity contribution in [3.8, 4) is 0 Å². The standard InChI is InChI=1S/C16H25NO2Se/c1-12(17(2)3)13-8-5-6-9-14(13)20-15-10-7-11-19-16(15)18-4/h5-6,8-9,12,15-16H,7,10-11H2,1-4H3/t12-,15?,16-/m1/s1. The summed E-state index contributed by atoms with van der Waals surface area (Å²) in [6.45, 7) is 3.10. The molecule has 20 heavy (non-hydrogen) atoms. The second-order valence-corrected chi connectivity index (χ2v) is 8.14. The maximum absolute atomic E-state index is 5.74. The van der Waals surface area contributed by atoms with Crippen LogP contribution in [0.25, 0.3) is 0 Å². The summed E-state index contributed by atoms with van der Waals surface area (Å²) in [7, 11) is 6.03. The van der Waals surface area contributed by atoms with Crippen molar-refractivity contribution in [2.75, 3.05) is 27.8 Å². The van der Waals surface area contributed by atoms with Gasteiger partial charge in [0.25, 0.3) is 0 Å². The van der Waals surface area contributed by atoms with Crippen molar-refractivity contribution in [2.24, 2.45) is 0 Å². The molecule has 0 N–H and O–H groups in total. The van der Waals surface area contributed by atoms with E-state index in [4.69, 9.17) is 9.47 Å². The van der Waals surface area contributed by atoms with Crippen LogP contribution in [0.3, 0.4) is 0 Å². The van der Waals surface area contributed by atoms with E-state index < -0.39 is 0 Å². The summed E-state index contributed by atoms with van der Waals surface area (Å²) in [6.07, 6.45) is 2.34. The fourth-order valence-corrected chi connectivity index (χ4v) is 5.46. The van der Waals surface area contributed by atoms with E-state index in [1.807, 2.05) is 0 Å². The summed E-state index contributed by atoms with van der Waals surface area (Å²) in [5, 5.41) is 0. The topological polar surface area (TPSA) is 21.7 Å². The normalized spacial score (nSPS) is 24.9. The summed E-state index contributed by atoms with van der Waals surface area (Å²) in [5.74, 6) is 0. The van der Waals surface area contributed by atoms with Gasteiger partial charge in [-0.15, -0.1) is 0 Å². The van der Waals surface area contributed by atoms with Crippen LogP contribution in [0, 0.1) is 0 Å². The quantitative estimate of drug-likeness (QED) is 0.766. The number of methoxy groups -OCH3 is 1. The second-order valence-electron chi connectivity index (χ2n) is 5.45. The van der Waals surface area contributed by atoms with Crippen LogP contribution in [0.4, 0.5) is 0 Å². The van der Waals surface area contributed by atoms with Crippen molar-refractivity contribution >= 4 is 19.4 Å². The monoisotopic (exact) mass is 343 g/mol. The number of rotatable bonds is 5. The first-order valence-corrected chi connectivity index (χ1v) is 9.04. The number of hydrogen-bond donors (Lipinski definition) is 0. The van der Waals surface area contributed by atoms with E-state index in [0.717, 1.165) is 13.0 Å². The first kappa shape index (κ1) is 16.0. The van der Waals surface area contributed by atoms with Crippen molar-refractivity contribution in [3.63, 3.8) is 0 Å². The van der Waals surface area contributed by atoms with Crippen LogP contribution in [-0.4, -0.2) is 54.0 Å². The SMILES string of the molecule is CO[C@@H]1OCCCC1[Se]c1ccccc1[C@@H](C)N(C)C. The molecule has 1 aliphatic heterocycles. The first-order valence-electron chi connectivity index (χ1n) is 7.20. The molecule has 112 valence electrons. The molecule has 4 heteroatoms. The second kappa shape index (κ2) is 7.58. The Labute approximate surface area is 128 Å². The Morgan fingerprint density at radius 1 is 1.35 bits per heavy atom. The van der Waals surface area contributed by atoms with Gasteiger partial charge in [0.05, 0.1) is 0 Å². The van der Waals surface area contributed by atoms with E-state index in [-0.39, 0.29) is 6.29 Å². The van der Waals surface area contributed by atoms with Gasteiger partial charge in [-0.3, -0.25) is 0 Å². The third kappa shape index (κ3) is 3.84. The molecule has 0 aliphatic carbocycles. The summed E-state index contributed by atoms with van der Waals surface area (Å²) in [5.41, 5.74) is 1.44. The Kier molecular flexibility index (Phi) is 6.06. The van der Waals surface area contributed by atoms with E-state index in [2.05, 4.69) is 50.2 Å². The van der Waals surface area contributed by atoms with E-state index in [1.165, 1.54) is 16.4 Å². The van der Waals surface area contributed by atoms with Crippen molar-refractivity contribution in [3.05, 3.63) is 29.8 Å². The van der Waals surface area contributed by atoms with Crippen LogP contribution in [0.2, 0.25) is 4.82 Å². The van der Waals surface area contributed by atoms with E-state index >= 15 is 0 Å². The van der Waals surface area contributed by atoms with Gasteiger partial charge in [-0.1, -0.05) is 0 Å². The van der Waals surface area contributed by atoms with E-state index in [1.54, 1.807) is 7.11 Å². The van der Waals surface area contributed by atoms with Crippen LogP contribution in [-0.2, 0) is 9.47 Å². The Morgan fingerprint density at radius 2 is 2.10 bits per heavy atom. The predicted molar refractivity (Wildman–Crippen MR) is 83.7 cm³/mol. The molecule has 0 saturated carbocycles. The molecular formula is C16H25NO2Se. The Morgan fingerprint density at radius 3 is 2.80 bits per heavy atom. The molecule has 2 rings (SSSR count).